The normalized spacial score (nSPS) is 19.9. The van der Waals surface area contributed by atoms with Gasteiger partial charge in [0.15, 0.2) is 0 Å². The monoisotopic (exact) mass is 262 g/mol. The van der Waals surface area contributed by atoms with E-state index in [1.165, 1.54) is 0 Å². The van der Waals surface area contributed by atoms with E-state index >= 15 is 0 Å². The Labute approximate surface area is 104 Å². The Morgan fingerprint density at radius 1 is 1.44 bits per heavy atom. The average molecular weight is 262 g/mol. The molecule has 0 radical (unpaired) electrons. The van der Waals surface area contributed by atoms with Crippen molar-refractivity contribution in [2.45, 2.75) is 38.8 Å². The fraction of sp³-hybridized carbons (Fsp3) is 0.750. The molecule has 3 nitrogen and oxygen atoms in total. The van der Waals surface area contributed by atoms with E-state index in [4.69, 9.17) is 0 Å². The first-order valence-corrected chi connectivity index (χ1v) is 6.15. The molecular formula is C12H17F3N2O. The van der Waals surface area contributed by atoms with Crippen LogP contribution in [0.15, 0.2) is 0 Å². The van der Waals surface area contributed by atoms with E-state index in [1.54, 1.807) is 0 Å². The van der Waals surface area contributed by atoms with Gasteiger partial charge in [0, 0.05) is 12.1 Å². The van der Waals surface area contributed by atoms with Crippen molar-refractivity contribution in [3.05, 3.63) is 17.2 Å². The molecule has 18 heavy (non-hydrogen) atoms. The molecule has 1 N–H and O–H groups in total. The lowest BCUT2D eigenvalue weighted by Gasteiger charge is -2.15. The van der Waals surface area contributed by atoms with Crippen molar-refractivity contribution >= 4 is 0 Å². The molecule has 6 heteroatoms. The van der Waals surface area contributed by atoms with Crippen LogP contribution in [0.5, 0.6) is 0 Å². The first-order valence-electron chi connectivity index (χ1n) is 6.15. The molecule has 1 aromatic heterocycles. The number of hydrogen-bond donors (Lipinski definition) is 1. The van der Waals surface area contributed by atoms with E-state index in [2.05, 4.69) is 21.6 Å². The van der Waals surface area contributed by atoms with Gasteiger partial charge in [-0.05, 0) is 25.2 Å². The Bertz CT molecular complexity index is 401. The minimum Gasteiger partial charge on any atom is -0.372 e. The molecule has 1 aliphatic carbocycles. The van der Waals surface area contributed by atoms with E-state index in [9.17, 15) is 13.2 Å². The molecule has 0 bridgehead atoms. The van der Waals surface area contributed by atoms with Gasteiger partial charge in [-0.15, -0.1) is 0 Å². The molecule has 1 aliphatic rings. The van der Waals surface area contributed by atoms with E-state index in [0.717, 1.165) is 36.5 Å². The highest BCUT2D eigenvalue weighted by Gasteiger charge is 2.27. The number of aromatic nitrogens is 2. The van der Waals surface area contributed by atoms with Crippen molar-refractivity contribution in [3.8, 4) is 0 Å². The molecule has 0 spiro atoms. The van der Waals surface area contributed by atoms with E-state index in [1.807, 2.05) is 0 Å². The molecule has 1 heterocycles. The number of H-pyrrole nitrogens is 1. The van der Waals surface area contributed by atoms with Crippen LogP contribution in [0.25, 0.3) is 0 Å². The molecule has 1 aromatic rings. The van der Waals surface area contributed by atoms with Crippen LogP contribution < -0.4 is 0 Å². The maximum Gasteiger partial charge on any atom is 0.411 e. The van der Waals surface area contributed by atoms with E-state index < -0.39 is 12.8 Å². The predicted octanol–water partition coefficient (Wildman–Crippen LogP) is 2.66. The third kappa shape index (κ3) is 3.73. The standard InChI is InChI=1S/C12H17F3N2O/c1-8-2-3-9-10(6-8)17-11(16-9)4-5-18-7-12(13,14)15/h8H,2-7H2,1H3,(H,16,17). The lowest BCUT2D eigenvalue weighted by atomic mass is 9.92. The summed E-state index contributed by atoms with van der Waals surface area (Å²) in [5, 5.41) is 0. The van der Waals surface area contributed by atoms with Gasteiger partial charge in [-0.3, -0.25) is 0 Å². The molecule has 0 saturated heterocycles. The number of nitrogens with zero attached hydrogens (tertiary/aromatic N) is 1. The van der Waals surface area contributed by atoms with Gasteiger partial charge in [0.2, 0.25) is 0 Å². The van der Waals surface area contributed by atoms with Crippen LogP contribution in [0.3, 0.4) is 0 Å². The Balaban J connectivity index is 1.80. The minimum atomic E-state index is -4.25. The number of aromatic amines is 1. The summed E-state index contributed by atoms with van der Waals surface area (Å²) in [6.45, 7) is 1.04. The van der Waals surface area contributed by atoms with Crippen LogP contribution in [0.4, 0.5) is 13.2 Å². The fourth-order valence-corrected chi connectivity index (χ4v) is 2.19. The van der Waals surface area contributed by atoms with Gasteiger partial charge in [-0.25, -0.2) is 4.98 Å². The fourth-order valence-electron chi connectivity index (χ4n) is 2.19. The van der Waals surface area contributed by atoms with Gasteiger partial charge in [-0.2, -0.15) is 13.2 Å². The summed E-state index contributed by atoms with van der Waals surface area (Å²) in [6, 6.07) is 0. The van der Waals surface area contributed by atoms with E-state index in [-0.39, 0.29) is 6.61 Å². The summed E-state index contributed by atoms with van der Waals surface area (Å²) < 4.78 is 40.2. The zero-order valence-electron chi connectivity index (χ0n) is 10.3. The number of imidazole rings is 1. The summed E-state index contributed by atoms with van der Waals surface area (Å²) in [7, 11) is 0. The van der Waals surface area contributed by atoms with Crippen molar-refractivity contribution < 1.29 is 17.9 Å². The highest BCUT2D eigenvalue weighted by molar-refractivity contribution is 5.18. The second-order valence-electron chi connectivity index (χ2n) is 4.87. The maximum atomic E-state index is 11.9. The van der Waals surface area contributed by atoms with Crippen molar-refractivity contribution in [1.29, 1.82) is 0 Å². The molecule has 2 rings (SSSR count). The van der Waals surface area contributed by atoms with E-state index in [0.29, 0.717) is 12.3 Å². The number of rotatable bonds is 4. The number of aryl methyl sites for hydroxylation is 1. The van der Waals surface area contributed by atoms with Crippen molar-refractivity contribution in [2.24, 2.45) is 5.92 Å². The molecule has 0 aromatic carbocycles. The maximum absolute atomic E-state index is 11.9. The zero-order valence-corrected chi connectivity index (χ0v) is 10.3. The van der Waals surface area contributed by atoms with Gasteiger partial charge in [0.05, 0.1) is 12.3 Å². The van der Waals surface area contributed by atoms with Crippen LogP contribution in [-0.2, 0) is 24.0 Å². The Hall–Kier alpha value is -1.04. The minimum absolute atomic E-state index is 0.0431. The first kappa shape index (κ1) is 13.4. The summed E-state index contributed by atoms with van der Waals surface area (Å²) >= 11 is 0. The van der Waals surface area contributed by atoms with Crippen LogP contribution in [0, 0.1) is 5.92 Å². The van der Waals surface area contributed by atoms with Gasteiger partial charge in [0.1, 0.15) is 12.4 Å². The van der Waals surface area contributed by atoms with Crippen LogP contribution in [0.1, 0.15) is 30.6 Å². The number of alkyl halides is 3. The molecular weight excluding hydrogens is 245 g/mol. The average Bonchev–Trinajstić information content (AvgIpc) is 2.65. The lowest BCUT2D eigenvalue weighted by Crippen LogP contribution is -2.18. The number of fused-ring (bicyclic) bond motifs is 1. The third-order valence-electron chi connectivity index (χ3n) is 3.09. The molecule has 1 unspecified atom stereocenters. The third-order valence-corrected chi connectivity index (χ3v) is 3.09. The number of ether oxygens (including phenoxy) is 1. The molecule has 0 aliphatic heterocycles. The smallest absolute Gasteiger partial charge is 0.372 e. The molecule has 0 saturated carbocycles. The first-order chi connectivity index (χ1) is 8.44. The molecule has 102 valence electrons. The van der Waals surface area contributed by atoms with Crippen LogP contribution in [-0.4, -0.2) is 29.4 Å². The van der Waals surface area contributed by atoms with Gasteiger partial charge in [0.25, 0.3) is 0 Å². The quantitative estimate of drug-likeness (QED) is 0.847. The number of halogens is 3. The Kier molecular flexibility index (Phi) is 3.94. The van der Waals surface area contributed by atoms with Gasteiger partial charge < -0.3 is 9.72 Å². The van der Waals surface area contributed by atoms with Crippen molar-refractivity contribution in [3.63, 3.8) is 0 Å². The number of nitrogens with one attached hydrogen (secondary N) is 1. The second-order valence-corrected chi connectivity index (χ2v) is 4.87. The molecule has 1 atom stereocenters. The largest absolute Gasteiger partial charge is 0.411 e. The summed E-state index contributed by atoms with van der Waals surface area (Å²) in [5.74, 6) is 1.38. The second kappa shape index (κ2) is 5.30. The van der Waals surface area contributed by atoms with Crippen LogP contribution >= 0.6 is 0 Å². The zero-order chi connectivity index (χ0) is 13.2. The lowest BCUT2D eigenvalue weighted by molar-refractivity contribution is -0.173. The van der Waals surface area contributed by atoms with Crippen molar-refractivity contribution in [2.75, 3.05) is 13.2 Å². The Morgan fingerprint density at radius 3 is 2.94 bits per heavy atom. The van der Waals surface area contributed by atoms with Crippen LogP contribution in [0.2, 0.25) is 0 Å². The SMILES string of the molecule is CC1CCc2nc(CCOCC(F)(F)F)[nH]c2C1. The summed E-state index contributed by atoms with van der Waals surface area (Å²) in [6.07, 6.45) is -0.792. The Morgan fingerprint density at radius 2 is 2.22 bits per heavy atom. The summed E-state index contributed by atoms with van der Waals surface area (Å²) in [5.41, 5.74) is 2.21. The highest BCUT2D eigenvalue weighted by Crippen LogP contribution is 2.23. The number of hydrogen-bond acceptors (Lipinski definition) is 2. The topological polar surface area (TPSA) is 37.9 Å². The molecule has 0 amide bonds. The van der Waals surface area contributed by atoms with Gasteiger partial charge >= 0.3 is 6.18 Å². The predicted molar refractivity (Wildman–Crippen MR) is 60.4 cm³/mol. The summed E-state index contributed by atoms with van der Waals surface area (Å²) in [4.78, 5) is 7.59. The van der Waals surface area contributed by atoms with Gasteiger partial charge in [-0.1, -0.05) is 6.92 Å². The molecule has 0 fully saturated rings. The van der Waals surface area contributed by atoms with Crippen molar-refractivity contribution in [1.82, 2.24) is 9.97 Å². The highest BCUT2D eigenvalue weighted by atomic mass is 19.4.